The number of anilines is 1. The molecule has 5 heteroatoms. The Hall–Kier alpha value is -1.75. The third kappa shape index (κ3) is 3.38. The first kappa shape index (κ1) is 13.7. The first-order chi connectivity index (χ1) is 9.08. The fourth-order valence-electron chi connectivity index (χ4n) is 2.15. The molecule has 0 spiro atoms. The Balaban J connectivity index is 1.90. The number of likely N-dealkylation sites (N-methyl/N-ethyl adjacent to an activating group) is 1. The molecule has 1 saturated heterocycles. The van der Waals surface area contributed by atoms with E-state index in [1.165, 1.54) is 0 Å². The molecule has 0 aromatic heterocycles. The molecule has 1 aromatic carbocycles. The molecule has 1 amide bonds. The number of hydrogen-bond donors (Lipinski definition) is 1. The molecule has 1 aromatic rings. The monoisotopic (exact) mass is 263 g/mol. The lowest BCUT2D eigenvalue weighted by Crippen LogP contribution is -2.48. The number of para-hydroxylation sites is 1. The van der Waals surface area contributed by atoms with Crippen LogP contribution in [0.3, 0.4) is 0 Å². The van der Waals surface area contributed by atoms with Crippen LogP contribution in [0.5, 0.6) is 5.75 Å². The molecule has 1 aliphatic heterocycles. The highest BCUT2D eigenvalue weighted by Crippen LogP contribution is 2.25. The van der Waals surface area contributed by atoms with Gasteiger partial charge in [0, 0.05) is 26.2 Å². The number of rotatable bonds is 3. The van der Waals surface area contributed by atoms with E-state index in [2.05, 4.69) is 11.9 Å². The van der Waals surface area contributed by atoms with Crippen molar-refractivity contribution in [2.75, 3.05) is 45.6 Å². The van der Waals surface area contributed by atoms with Gasteiger partial charge in [0.15, 0.2) is 6.61 Å². The SMILES string of the molecule is Cc1cccc(N)c1OCC(=O)N1CCN(C)CC1. The van der Waals surface area contributed by atoms with Gasteiger partial charge < -0.3 is 20.3 Å². The summed E-state index contributed by atoms with van der Waals surface area (Å²) in [5.41, 5.74) is 7.37. The zero-order valence-corrected chi connectivity index (χ0v) is 11.6. The van der Waals surface area contributed by atoms with Gasteiger partial charge in [0.05, 0.1) is 5.69 Å². The largest absolute Gasteiger partial charge is 0.481 e. The van der Waals surface area contributed by atoms with Crippen LogP contribution in [0.4, 0.5) is 5.69 Å². The lowest BCUT2D eigenvalue weighted by Gasteiger charge is -2.32. The lowest BCUT2D eigenvalue weighted by molar-refractivity contribution is -0.134. The minimum absolute atomic E-state index is 0.0238. The van der Waals surface area contributed by atoms with Crippen molar-refractivity contribution < 1.29 is 9.53 Å². The highest BCUT2D eigenvalue weighted by atomic mass is 16.5. The lowest BCUT2D eigenvalue weighted by atomic mass is 10.2. The second-order valence-corrected chi connectivity index (χ2v) is 4.97. The highest BCUT2D eigenvalue weighted by molar-refractivity contribution is 5.78. The predicted octanol–water partition coefficient (Wildman–Crippen LogP) is 0.730. The van der Waals surface area contributed by atoms with Crippen LogP contribution in [0.1, 0.15) is 5.56 Å². The Bertz CT molecular complexity index is 434. The molecule has 0 aliphatic carbocycles. The average molecular weight is 263 g/mol. The van der Waals surface area contributed by atoms with E-state index in [0.29, 0.717) is 11.4 Å². The van der Waals surface area contributed by atoms with E-state index in [1.54, 1.807) is 6.07 Å². The van der Waals surface area contributed by atoms with Crippen LogP contribution in [0, 0.1) is 6.92 Å². The van der Waals surface area contributed by atoms with Gasteiger partial charge >= 0.3 is 0 Å². The van der Waals surface area contributed by atoms with Crippen molar-refractivity contribution in [1.29, 1.82) is 0 Å². The number of amides is 1. The van der Waals surface area contributed by atoms with Gasteiger partial charge in [0.1, 0.15) is 5.75 Å². The first-order valence-electron chi connectivity index (χ1n) is 6.52. The summed E-state index contributed by atoms with van der Waals surface area (Å²) in [6.07, 6.45) is 0. The van der Waals surface area contributed by atoms with Crippen LogP contribution < -0.4 is 10.5 Å². The van der Waals surface area contributed by atoms with Crippen LogP contribution in [0.2, 0.25) is 0 Å². The van der Waals surface area contributed by atoms with Gasteiger partial charge in [-0.25, -0.2) is 0 Å². The van der Waals surface area contributed by atoms with Gasteiger partial charge in [0.25, 0.3) is 5.91 Å². The Kier molecular flexibility index (Phi) is 4.27. The van der Waals surface area contributed by atoms with E-state index >= 15 is 0 Å². The number of nitrogen functional groups attached to an aromatic ring is 1. The number of piperazine rings is 1. The van der Waals surface area contributed by atoms with Gasteiger partial charge in [-0.3, -0.25) is 4.79 Å². The van der Waals surface area contributed by atoms with Crippen LogP contribution in [0.15, 0.2) is 18.2 Å². The van der Waals surface area contributed by atoms with E-state index in [9.17, 15) is 4.79 Å². The van der Waals surface area contributed by atoms with Gasteiger partial charge in [-0.05, 0) is 25.6 Å². The van der Waals surface area contributed by atoms with Crippen LogP contribution in [-0.4, -0.2) is 55.5 Å². The van der Waals surface area contributed by atoms with Gasteiger partial charge in [-0.15, -0.1) is 0 Å². The Morgan fingerprint density at radius 2 is 2.00 bits per heavy atom. The Morgan fingerprint density at radius 3 is 2.63 bits per heavy atom. The number of ether oxygens (including phenoxy) is 1. The molecule has 19 heavy (non-hydrogen) atoms. The van der Waals surface area contributed by atoms with Gasteiger partial charge in [-0.2, -0.15) is 0 Å². The van der Waals surface area contributed by atoms with E-state index in [-0.39, 0.29) is 12.5 Å². The molecule has 0 unspecified atom stereocenters. The van der Waals surface area contributed by atoms with Crippen molar-refractivity contribution in [1.82, 2.24) is 9.80 Å². The standard InChI is InChI=1S/C14H21N3O2/c1-11-4-3-5-12(15)14(11)19-10-13(18)17-8-6-16(2)7-9-17/h3-5H,6-10,15H2,1-2H3. The summed E-state index contributed by atoms with van der Waals surface area (Å²) in [6.45, 7) is 5.34. The maximum atomic E-state index is 12.0. The normalized spacial score (nSPS) is 16.4. The fourth-order valence-corrected chi connectivity index (χ4v) is 2.15. The van der Waals surface area contributed by atoms with Crippen molar-refractivity contribution in [3.8, 4) is 5.75 Å². The van der Waals surface area contributed by atoms with Crippen molar-refractivity contribution in [2.24, 2.45) is 0 Å². The fraction of sp³-hybridized carbons (Fsp3) is 0.500. The Labute approximate surface area is 113 Å². The molecular formula is C14H21N3O2. The zero-order chi connectivity index (χ0) is 13.8. The predicted molar refractivity (Wildman–Crippen MR) is 75.2 cm³/mol. The molecule has 1 aliphatic rings. The number of hydrogen-bond acceptors (Lipinski definition) is 4. The number of benzene rings is 1. The molecule has 2 rings (SSSR count). The summed E-state index contributed by atoms with van der Waals surface area (Å²) in [5.74, 6) is 0.640. The molecule has 104 valence electrons. The topological polar surface area (TPSA) is 58.8 Å². The minimum Gasteiger partial charge on any atom is -0.481 e. The molecule has 1 heterocycles. The van der Waals surface area contributed by atoms with Crippen molar-refractivity contribution in [2.45, 2.75) is 6.92 Å². The van der Waals surface area contributed by atoms with E-state index in [0.717, 1.165) is 31.7 Å². The van der Waals surface area contributed by atoms with E-state index in [4.69, 9.17) is 10.5 Å². The van der Waals surface area contributed by atoms with Crippen LogP contribution in [-0.2, 0) is 4.79 Å². The number of carbonyl (C=O) groups is 1. The smallest absolute Gasteiger partial charge is 0.260 e. The number of nitrogens with two attached hydrogens (primary N) is 1. The third-order valence-corrected chi connectivity index (χ3v) is 3.44. The molecular weight excluding hydrogens is 242 g/mol. The molecule has 0 atom stereocenters. The van der Waals surface area contributed by atoms with Gasteiger partial charge in [-0.1, -0.05) is 12.1 Å². The molecule has 1 fully saturated rings. The quantitative estimate of drug-likeness (QED) is 0.817. The molecule has 0 saturated carbocycles. The van der Waals surface area contributed by atoms with Gasteiger partial charge in [0.2, 0.25) is 0 Å². The van der Waals surface area contributed by atoms with Crippen molar-refractivity contribution in [3.63, 3.8) is 0 Å². The van der Waals surface area contributed by atoms with E-state index < -0.39 is 0 Å². The minimum atomic E-state index is 0.0238. The summed E-state index contributed by atoms with van der Waals surface area (Å²) in [5, 5.41) is 0. The second kappa shape index (κ2) is 5.93. The second-order valence-electron chi connectivity index (χ2n) is 4.97. The van der Waals surface area contributed by atoms with Crippen LogP contribution in [0.25, 0.3) is 0 Å². The average Bonchev–Trinajstić information content (AvgIpc) is 2.38. The molecule has 2 N–H and O–H groups in total. The number of aryl methyl sites for hydroxylation is 1. The number of nitrogens with zero attached hydrogens (tertiary/aromatic N) is 2. The summed E-state index contributed by atoms with van der Waals surface area (Å²) >= 11 is 0. The molecule has 5 nitrogen and oxygen atoms in total. The highest BCUT2D eigenvalue weighted by Gasteiger charge is 2.19. The molecule has 0 radical (unpaired) electrons. The van der Waals surface area contributed by atoms with Crippen molar-refractivity contribution in [3.05, 3.63) is 23.8 Å². The molecule has 0 bridgehead atoms. The summed E-state index contributed by atoms with van der Waals surface area (Å²) in [7, 11) is 2.06. The number of carbonyl (C=O) groups excluding carboxylic acids is 1. The summed E-state index contributed by atoms with van der Waals surface area (Å²) < 4.78 is 5.58. The van der Waals surface area contributed by atoms with E-state index in [1.807, 2.05) is 24.0 Å². The third-order valence-electron chi connectivity index (χ3n) is 3.44. The Morgan fingerprint density at radius 1 is 1.32 bits per heavy atom. The maximum absolute atomic E-state index is 12.0. The summed E-state index contributed by atoms with van der Waals surface area (Å²) in [6, 6.07) is 5.58. The van der Waals surface area contributed by atoms with Crippen LogP contribution >= 0.6 is 0 Å². The first-order valence-corrected chi connectivity index (χ1v) is 6.52. The van der Waals surface area contributed by atoms with Crippen molar-refractivity contribution >= 4 is 11.6 Å². The maximum Gasteiger partial charge on any atom is 0.260 e. The zero-order valence-electron chi connectivity index (χ0n) is 11.6. The summed E-state index contributed by atoms with van der Waals surface area (Å²) in [4.78, 5) is 16.1.